The fourth-order valence-electron chi connectivity index (χ4n) is 1.75. The van der Waals surface area contributed by atoms with E-state index in [-0.39, 0.29) is 6.04 Å². The highest BCUT2D eigenvalue weighted by molar-refractivity contribution is 5.40. The molecule has 3 N–H and O–H groups in total. The van der Waals surface area contributed by atoms with Gasteiger partial charge >= 0.3 is 0 Å². The molecule has 0 aliphatic rings. The molecule has 0 saturated heterocycles. The van der Waals surface area contributed by atoms with Crippen LogP contribution in [-0.4, -0.2) is 27.3 Å². The molecule has 4 heteroatoms. The molecule has 1 aromatic carbocycles. The quantitative estimate of drug-likeness (QED) is 0.779. The van der Waals surface area contributed by atoms with Crippen LogP contribution in [0.4, 0.5) is 0 Å². The summed E-state index contributed by atoms with van der Waals surface area (Å²) < 4.78 is 10.5. The lowest BCUT2D eigenvalue weighted by Crippen LogP contribution is -2.31. The van der Waals surface area contributed by atoms with Crippen molar-refractivity contribution in [2.45, 2.75) is 19.9 Å². The van der Waals surface area contributed by atoms with Crippen molar-refractivity contribution in [1.82, 2.24) is 5.32 Å². The van der Waals surface area contributed by atoms with Crippen molar-refractivity contribution in [3.8, 4) is 11.5 Å². The average molecular weight is 252 g/mol. The highest BCUT2D eigenvalue weighted by Gasteiger charge is 2.12. The van der Waals surface area contributed by atoms with E-state index < -0.39 is 0 Å². The Balaban J connectivity index is 2.89. The molecule has 0 aliphatic heterocycles. The first-order valence-corrected chi connectivity index (χ1v) is 6.27. The molecule has 18 heavy (non-hydrogen) atoms. The number of nitrogens with one attached hydrogen (secondary N) is 1. The number of methoxy groups -OCH3 is 2. The molecule has 0 aromatic heterocycles. The first-order valence-electron chi connectivity index (χ1n) is 6.27. The van der Waals surface area contributed by atoms with Gasteiger partial charge in [0.2, 0.25) is 0 Å². The van der Waals surface area contributed by atoms with Crippen molar-refractivity contribution < 1.29 is 9.47 Å². The van der Waals surface area contributed by atoms with E-state index in [0.717, 1.165) is 23.6 Å². The fraction of sp³-hybridized carbons (Fsp3) is 0.571. The molecule has 0 radical (unpaired) electrons. The van der Waals surface area contributed by atoms with Crippen LogP contribution in [0.3, 0.4) is 0 Å². The molecule has 0 amide bonds. The molecule has 0 spiro atoms. The maximum absolute atomic E-state index is 5.83. The first-order chi connectivity index (χ1) is 8.60. The van der Waals surface area contributed by atoms with E-state index in [0.29, 0.717) is 12.5 Å². The number of ether oxygens (including phenoxy) is 2. The second kappa shape index (κ2) is 7.24. The minimum Gasteiger partial charge on any atom is -0.497 e. The third-order valence-electron chi connectivity index (χ3n) is 2.78. The molecule has 1 atom stereocenters. The van der Waals surface area contributed by atoms with E-state index in [1.165, 1.54) is 0 Å². The highest BCUT2D eigenvalue weighted by Crippen LogP contribution is 2.26. The number of hydrogen-bond donors (Lipinski definition) is 2. The zero-order valence-corrected chi connectivity index (χ0v) is 11.7. The van der Waals surface area contributed by atoms with Gasteiger partial charge in [-0.1, -0.05) is 13.8 Å². The number of benzene rings is 1. The molecule has 1 aromatic rings. The van der Waals surface area contributed by atoms with Crippen LogP contribution in [0.5, 0.6) is 11.5 Å². The van der Waals surface area contributed by atoms with E-state index in [1.807, 2.05) is 18.2 Å². The lowest BCUT2D eigenvalue weighted by Gasteiger charge is -2.20. The Kier molecular flexibility index (Phi) is 5.95. The van der Waals surface area contributed by atoms with Crippen molar-refractivity contribution in [2.24, 2.45) is 11.7 Å². The highest BCUT2D eigenvalue weighted by atomic mass is 16.5. The first kappa shape index (κ1) is 14.8. The topological polar surface area (TPSA) is 56.5 Å². The normalized spacial score (nSPS) is 12.6. The van der Waals surface area contributed by atoms with Crippen LogP contribution >= 0.6 is 0 Å². The molecule has 102 valence electrons. The average Bonchev–Trinajstić information content (AvgIpc) is 2.38. The Labute approximate surface area is 109 Å². The minimum absolute atomic E-state index is 0.122. The van der Waals surface area contributed by atoms with Crippen LogP contribution in [0, 0.1) is 5.92 Å². The Hall–Kier alpha value is -1.26. The standard InChI is InChI=1S/C14H24N2O2/c1-10(2)9-16-14(8-15)11-5-12(17-3)7-13(6-11)18-4/h5-7,10,14,16H,8-9,15H2,1-4H3. The predicted molar refractivity (Wildman–Crippen MR) is 74.2 cm³/mol. The summed E-state index contributed by atoms with van der Waals surface area (Å²) in [6.07, 6.45) is 0. The number of rotatable bonds is 7. The van der Waals surface area contributed by atoms with Gasteiger partial charge in [-0.2, -0.15) is 0 Å². The lowest BCUT2D eigenvalue weighted by molar-refractivity contribution is 0.390. The van der Waals surface area contributed by atoms with Gasteiger partial charge in [0.05, 0.1) is 14.2 Å². The molecule has 0 saturated carbocycles. The van der Waals surface area contributed by atoms with E-state index in [2.05, 4.69) is 19.2 Å². The fourth-order valence-corrected chi connectivity index (χ4v) is 1.75. The van der Waals surface area contributed by atoms with E-state index >= 15 is 0 Å². The Morgan fingerprint density at radius 3 is 2.06 bits per heavy atom. The second-order valence-electron chi connectivity index (χ2n) is 4.74. The van der Waals surface area contributed by atoms with Crippen molar-refractivity contribution >= 4 is 0 Å². The van der Waals surface area contributed by atoms with Crippen LogP contribution in [0.15, 0.2) is 18.2 Å². The summed E-state index contributed by atoms with van der Waals surface area (Å²) in [5.74, 6) is 2.16. The zero-order chi connectivity index (χ0) is 13.5. The van der Waals surface area contributed by atoms with Crippen LogP contribution < -0.4 is 20.5 Å². The Bertz CT molecular complexity index is 345. The lowest BCUT2D eigenvalue weighted by atomic mass is 10.1. The largest absolute Gasteiger partial charge is 0.497 e. The summed E-state index contributed by atoms with van der Waals surface area (Å²) in [5, 5.41) is 3.45. The van der Waals surface area contributed by atoms with Crippen LogP contribution in [-0.2, 0) is 0 Å². The maximum Gasteiger partial charge on any atom is 0.122 e. The summed E-state index contributed by atoms with van der Waals surface area (Å²) >= 11 is 0. The second-order valence-corrected chi connectivity index (χ2v) is 4.74. The third kappa shape index (κ3) is 4.20. The van der Waals surface area contributed by atoms with Gasteiger partial charge in [-0.3, -0.25) is 0 Å². The molecule has 0 aliphatic carbocycles. The summed E-state index contributed by atoms with van der Waals surface area (Å²) in [6.45, 7) is 5.82. The van der Waals surface area contributed by atoms with Crippen molar-refractivity contribution in [3.63, 3.8) is 0 Å². The predicted octanol–water partition coefficient (Wildman–Crippen LogP) is 1.95. The SMILES string of the molecule is COc1cc(OC)cc(C(CN)NCC(C)C)c1. The molecule has 1 unspecified atom stereocenters. The van der Waals surface area contributed by atoms with Gasteiger partial charge in [-0.05, 0) is 30.2 Å². The summed E-state index contributed by atoms with van der Waals surface area (Å²) in [7, 11) is 3.30. The van der Waals surface area contributed by atoms with Crippen LogP contribution in [0.25, 0.3) is 0 Å². The molecule has 4 nitrogen and oxygen atoms in total. The molecule has 0 fully saturated rings. The summed E-state index contributed by atoms with van der Waals surface area (Å²) in [6, 6.07) is 5.97. The van der Waals surface area contributed by atoms with Crippen molar-refractivity contribution in [1.29, 1.82) is 0 Å². The van der Waals surface area contributed by atoms with Crippen molar-refractivity contribution in [2.75, 3.05) is 27.3 Å². The van der Waals surface area contributed by atoms with Gasteiger partial charge in [-0.15, -0.1) is 0 Å². The van der Waals surface area contributed by atoms with E-state index in [1.54, 1.807) is 14.2 Å². The zero-order valence-electron chi connectivity index (χ0n) is 11.7. The van der Waals surface area contributed by atoms with Gasteiger partial charge in [0.25, 0.3) is 0 Å². The molecule has 0 heterocycles. The third-order valence-corrected chi connectivity index (χ3v) is 2.78. The van der Waals surface area contributed by atoms with Crippen molar-refractivity contribution in [3.05, 3.63) is 23.8 Å². The number of hydrogen-bond acceptors (Lipinski definition) is 4. The van der Waals surface area contributed by atoms with Gasteiger partial charge in [0.15, 0.2) is 0 Å². The van der Waals surface area contributed by atoms with Gasteiger partial charge in [0.1, 0.15) is 11.5 Å². The summed E-state index contributed by atoms with van der Waals surface area (Å²) in [4.78, 5) is 0. The number of nitrogens with two attached hydrogens (primary N) is 1. The molecular formula is C14H24N2O2. The van der Waals surface area contributed by atoms with E-state index in [4.69, 9.17) is 15.2 Å². The van der Waals surface area contributed by atoms with Gasteiger partial charge in [0, 0.05) is 18.7 Å². The van der Waals surface area contributed by atoms with E-state index in [9.17, 15) is 0 Å². The maximum atomic E-state index is 5.83. The van der Waals surface area contributed by atoms with Gasteiger partial charge < -0.3 is 20.5 Å². The molecule has 1 rings (SSSR count). The molecule has 0 bridgehead atoms. The Morgan fingerprint density at radius 2 is 1.67 bits per heavy atom. The molecular weight excluding hydrogens is 228 g/mol. The minimum atomic E-state index is 0.122. The van der Waals surface area contributed by atoms with Crippen LogP contribution in [0.2, 0.25) is 0 Å². The van der Waals surface area contributed by atoms with Crippen LogP contribution in [0.1, 0.15) is 25.5 Å². The summed E-state index contributed by atoms with van der Waals surface area (Å²) in [5.41, 5.74) is 6.92. The Morgan fingerprint density at radius 1 is 1.11 bits per heavy atom. The van der Waals surface area contributed by atoms with Gasteiger partial charge in [-0.25, -0.2) is 0 Å². The monoisotopic (exact) mass is 252 g/mol. The smallest absolute Gasteiger partial charge is 0.122 e.